The number of nitro benzene ring substituents is 1. The van der Waals surface area contributed by atoms with Crippen molar-refractivity contribution in [2.75, 3.05) is 13.1 Å². The average molecular weight is 392 g/mol. The molecule has 2 heterocycles. The minimum absolute atomic E-state index is 0.0599. The van der Waals surface area contributed by atoms with E-state index in [4.69, 9.17) is 0 Å². The fourth-order valence-electron chi connectivity index (χ4n) is 4.14. The van der Waals surface area contributed by atoms with Crippen LogP contribution in [0.25, 0.3) is 10.9 Å². The van der Waals surface area contributed by atoms with Crippen molar-refractivity contribution in [3.05, 3.63) is 69.4 Å². The maximum absolute atomic E-state index is 12.9. The Morgan fingerprint density at radius 1 is 1.17 bits per heavy atom. The first kappa shape index (κ1) is 19.3. The van der Waals surface area contributed by atoms with Gasteiger partial charge < -0.3 is 0 Å². The number of hydrogen-bond donors (Lipinski definition) is 0. The molecule has 0 spiro atoms. The molecule has 29 heavy (non-hydrogen) atoms. The summed E-state index contributed by atoms with van der Waals surface area (Å²) < 4.78 is 1.87. The number of aromatic nitrogens is 2. The van der Waals surface area contributed by atoms with E-state index in [9.17, 15) is 14.9 Å². The zero-order valence-electron chi connectivity index (χ0n) is 16.7. The first-order valence-electron chi connectivity index (χ1n) is 9.86. The Morgan fingerprint density at radius 2 is 1.93 bits per heavy atom. The van der Waals surface area contributed by atoms with Gasteiger partial charge in [-0.05, 0) is 38.3 Å². The fraction of sp³-hybridized carbons (Fsp3) is 0.364. The summed E-state index contributed by atoms with van der Waals surface area (Å²) in [5.41, 5.74) is 4.01. The Bertz CT molecular complexity index is 1080. The molecule has 1 aliphatic rings. The number of nitro groups is 1. The van der Waals surface area contributed by atoms with Gasteiger partial charge in [-0.15, -0.1) is 0 Å². The molecule has 0 unspecified atom stereocenters. The number of piperidine rings is 1. The highest BCUT2D eigenvalue weighted by Gasteiger charge is 2.27. The number of non-ortho nitro benzene ring substituents is 1. The SMILES string of the molecule is Cc1ccc(C(=O)C2CCN(Cn3ncc4cc([N+](=O)[O-])ccc43)CC2)c(C)c1. The lowest BCUT2D eigenvalue weighted by Crippen LogP contribution is -2.37. The van der Waals surface area contributed by atoms with E-state index in [1.807, 2.05) is 30.7 Å². The monoisotopic (exact) mass is 392 g/mol. The van der Waals surface area contributed by atoms with Crippen molar-refractivity contribution < 1.29 is 9.72 Å². The zero-order valence-corrected chi connectivity index (χ0v) is 16.7. The van der Waals surface area contributed by atoms with Crippen molar-refractivity contribution in [3.8, 4) is 0 Å². The molecule has 0 saturated carbocycles. The summed E-state index contributed by atoms with van der Waals surface area (Å²) in [4.78, 5) is 25.7. The maximum Gasteiger partial charge on any atom is 0.270 e. The zero-order chi connectivity index (χ0) is 20.5. The highest BCUT2D eigenvalue weighted by Crippen LogP contribution is 2.25. The molecular formula is C22H24N4O3. The number of carbonyl (C=O) groups is 1. The molecule has 7 heteroatoms. The molecule has 1 aliphatic heterocycles. The van der Waals surface area contributed by atoms with Gasteiger partial charge in [0.1, 0.15) is 0 Å². The van der Waals surface area contributed by atoms with Crippen molar-refractivity contribution in [3.63, 3.8) is 0 Å². The molecule has 0 radical (unpaired) electrons. The van der Waals surface area contributed by atoms with Gasteiger partial charge in [0.2, 0.25) is 0 Å². The van der Waals surface area contributed by atoms with Gasteiger partial charge in [0.15, 0.2) is 5.78 Å². The number of ketones is 1. The number of benzene rings is 2. The van der Waals surface area contributed by atoms with E-state index in [0.717, 1.165) is 48.0 Å². The molecule has 0 amide bonds. The lowest BCUT2D eigenvalue weighted by molar-refractivity contribution is -0.384. The number of likely N-dealkylation sites (tertiary alicyclic amines) is 1. The van der Waals surface area contributed by atoms with Crippen molar-refractivity contribution >= 4 is 22.4 Å². The van der Waals surface area contributed by atoms with Crippen LogP contribution in [0.4, 0.5) is 5.69 Å². The van der Waals surface area contributed by atoms with E-state index in [0.29, 0.717) is 6.67 Å². The van der Waals surface area contributed by atoms with E-state index < -0.39 is 4.92 Å². The number of aryl methyl sites for hydroxylation is 2. The van der Waals surface area contributed by atoms with E-state index in [-0.39, 0.29) is 17.4 Å². The molecule has 1 aromatic heterocycles. The summed E-state index contributed by atoms with van der Waals surface area (Å²) in [6.07, 6.45) is 3.33. The number of rotatable bonds is 5. The first-order valence-corrected chi connectivity index (χ1v) is 9.86. The molecule has 0 bridgehead atoms. The number of nitrogens with zero attached hydrogens (tertiary/aromatic N) is 4. The van der Waals surface area contributed by atoms with Crippen LogP contribution in [0.2, 0.25) is 0 Å². The molecule has 4 rings (SSSR count). The summed E-state index contributed by atoms with van der Waals surface area (Å²) in [6, 6.07) is 10.8. The number of carbonyl (C=O) groups excluding carboxylic acids is 1. The molecule has 0 atom stereocenters. The van der Waals surface area contributed by atoms with Crippen molar-refractivity contribution in [2.45, 2.75) is 33.4 Å². The molecule has 1 saturated heterocycles. The van der Waals surface area contributed by atoms with Gasteiger partial charge in [-0.1, -0.05) is 23.8 Å². The van der Waals surface area contributed by atoms with Crippen LogP contribution in [0, 0.1) is 29.9 Å². The number of Topliss-reactive ketones (excluding diaryl/α,β-unsaturated/α-hetero) is 1. The third kappa shape index (κ3) is 3.91. The molecule has 3 aromatic rings. The summed E-state index contributed by atoms with van der Waals surface area (Å²) in [5, 5.41) is 16.1. The largest absolute Gasteiger partial charge is 0.294 e. The van der Waals surface area contributed by atoms with Gasteiger partial charge in [0, 0.05) is 42.1 Å². The molecule has 1 fully saturated rings. The van der Waals surface area contributed by atoms with Crippen LogP contribution in [0.15, 0.2) is 42.6 Å². The maximum atomic E-state index is 12.9. The van der Waals surface area contributed by atoms with Gasteiger partial charge in [0.05, 0.1) is 23.3 Å². The van der Waals surface area contributed by atoms with Crippen molar-refractivity contribution in [2.24, 2.45) is 5.92 Å². The van der Waals surface area contributed by atoms with E-state index in [1.165, 1.54) is 11.6 Å². The standard InChI is InChI=1S/C22H24N4O3/c1-15-3-5-20(16(2)11-15)22(27)17-7-9-24(10-8-17)14-25-21-6-4-19(26(28)29)12-18(21)13-23-25/h3-6,11-13,17H,7-10,14H2,1-2H3. The molecule has 7 nitrogen and oxygen atoms in total. The highest BCUT2D eigenvalue weighted by atomic mass is 16.6. The number of fused-ring (bicyclic) bond motifs is 1. The first-order chi connectivity index (χ1) is 13.9. The van der Waals surface area contributed by atoms with E-state index in [1.54, 1.807) is 18.3 Å². The van der Waals surface area contributed by atoms with Crippen LogP contribution in [-0.2, 0) is 6.67 Å². The molecule has 0 N–H and O–H groups in total. The minimum atomic E-state index is -0.395. The molecule has 150 valence electrons. The lowest BCUT2D eigenvalue weighted by atomic mass is 9.87. The number of hydrogen-bond acceptors (Lipinski definition) is 5. The van der Waals surface area contributed by atoms with Gasteiger partial charge in [-0.2, -0.15) is 5.10 Å². The van der Waals surface area contributed by atoms with E-state index in [2.05, 4.69) is 16.1 Å². The van der Waals surface area contributed by atoms with Crippen molar-refractivity contribution in [1.82, 2.24) is 14.7 Å². The Morgan fingerprint density at radius 3 is 2.62 bits per heavy atom. The van der Waals surface area contributed by atoms with Crippen LogP contribution in [0.5, 0.6) is 0 Å². The Labute approximate surface area is 169 Å². The van der Waals surface area contributed by atoms with Gasteiger partial charge >= 0.3 is 0 Å². The summed E-state index contributed by atoms with van der Waals surface area (Å²) in [7, 11) is 0. The Balaban J connectivity index is 1.40. The fourth-order valence-corrected chi connectivity index (χ4v) is 4.14. The molecule has 0 aliphatic carbocycles. The third-order valence-electron chi connectivity index (χ3n) is 5.78. The predicted molar refractivity (Wildman–Crippen MR) is 111 cm³/mol. The quantitative estimate of drug-likeness (QED) is 0.371. The summed E-state index contributed by atoms with van der Waals surface area (Å²) >= 11 is 0. The normalized spacial score (nSPS) is 15.7. The third-order valence-corrected chi connectivity index (χ3v) is 5.78. The average Bonchev–Trinajstić information content (AvgIpc) is 3.10. The smallest absolute Gasteiger partial charge is 0.270 e. The lowest BCUT2D eigenvalue weighted by Gasteiger charge is -2.31. The predicted octanol–water partition coefficient (Wildman–Crippen LogP) is 4.11. The highest BCUT2D eigenvalue weighted by molar-refractivity contribution is 5.99. The van der Waals surface area contributed by atoms with Crippen LogP contribution >= 0.6 is 0 Å². The topological polar surface area (TPSA) is 81.3 Å². The Kier molecular flexibility index (Phi) is 5.15. The van der Waals surface area contributed by atoms with Gasteiger partial charge in [-0.25, -0.2) is 0 Å². The summed E-state index contributed by atoms with van der Waals surface area (Å²) in [5.74, 6) is 0.309. The second-order valence-corrected chi connectivity index (χ2v) is 7.86. The van der Waals surface area contributed by atoms with Crippen LogP contribution < -0.4 is 0 Å². The second-order valence-electron chi connectivity index (χ2n) is 7.86. The van der Waals surface area contributed by atoms with Crippen LogP contribution in [-0.4, -0.2) is 38.5 Å². The van der Waals surface area contributed by atoms with E-state index >= 15 is 0 Å². The van der Waals surface area contributed by atoms with Gasteiger partial charge in [0.25, 0.3) is 5.69 Å². The van der Waals surface area contributed by atoms with Crippen LogP contribution in [0.1, 0.15) is 34.3 Å². The molecular weight excluding hydrogens is 368 g/mol. The second kappa shape index (κ2) is 7.75. The minimum Gasteiger partial charge on any atom is -0.294 e. The molecule has 2 aromatic carbocycles. The summed E-state index contributed by atoms with van der Waals surface area (Å²) in [6.45, 7) is 6.32. The van der Waals surface area contributed by atoms with Gasteiger partial charge in [-0.3, -0.25) is 24.5 Å². The van der Waals surface area contributed by atoms with Crippen molar-refractivity contribution in [1.29, 1.82) is 0 Å². The Hall–Kier alpha value is -3.06. The van der Waals surface area contributed by atoms with Crippen LogP contribution in [0.3, 0.4) is 0 Å².